The van der Waals surface area contributed by atoms with Gasteiger partial charge in [0.2, 0.25) is 0 Å². The number of ketones is 2. The molecule has 0 bridgehead atoms. The Morgan fingerprint density at radius 3 is 1.75 bits per heavy atom. The Bertz CT molecular complexity index is 748. The molecule has 2 aromatic carbocycles. The molecule has 0 aliphatic carbocycles. The summed E-state index contributed by atoms with van der Waals surface area (Å²) in [4.78, 5) is 34.6. The molecule has 2 rings (SSSR count). The summed E-state index contributed by atoms with van der Waals surface area (Å²) in [5, 5.41) is 2.73. The van der Waals surface area contributed by atoms with Gasteiger partial charge in [-0.2, -0.15) is 0 Å². The lowest BCUT2D eigenvalue weighted by molar-refractivity contribution is -0.122. The molecule has 0 saturated carbocycles. The number of carbonyl (C=O) groups is 3. The largest absolute Gasteiger partial charge is 0.481 e. The van der Waals surface area contributed by atoms with E-state index < -0.39 is 6.10 Å². The maximum Gasteiger partial charge on any atom is 0.265 e. The number of rotatable bonds is 6. The van der Waals surface area contributed by atoms with Gasteiger partial charge in [0.15, 0.2) is 17.7 Å². The van der Waals surface area contributed by atoms with E-state index in [4.69, 9.17) is 4.74 Å². The second-order valence-electron chi connectivity index (χ2n) is 5.46. The molecule has 2 aromatic rings. The molecule has 0 radical (unpaired) electrons. The normalized spacial score (nSPS) is 11.5. The third-order valence-corrected chi connectivity index (χ3v) is 3.50. The molecule has 0 fully saturated rings. The van der Waals surface area contributed by atoms with E-state index in [2.05, 4.69) is 5.32 Å². The number of hydrogen-bond donors (Lipinski definition) is 1. The molecule has 24 heavy (non-hydrogen) atoms. The quantitative estimate of drug-likeness (QED) is 0.825. The van der Waals surface area contributed by atoms with E-state index in [0.29, 0.717) is 22.6 Å². The zero-order chi connectivity index (χ0) is 17.7. The fourth-order valence-electron chi connectivity index (χ4n) is 2.06. The van der Waals surface area contributed by atoms with Crippen LogP contribution >= 0.6 is 0 Å². The number of nitrogens with one attached hydrogen (secondary N) is 1. The van der Waals surface area contributed by atoms with Crippen LogP contribution in [0.4, 0.5) is 5.69 Å². The molecular weight excluding hydrogens is 306 g/mol. The van der Waals surface area contributed by atoms with Gasteiger partial charge in [-0.15, -0.1) is 0 Å². The van der Waals surface area contributed by atoms with E-state index in [-0.39, 0.29) is 17.5 Å². The first kappa shape index (κ1) is 17.4. The number of hydrogen-bond acceptors (Lipinski definition) is 4. The SMILES string of the molecule is CC(=O)c1ccc(NC(=O)C(C)Oc2ccc(C(C)=O)cc2)cc1. The van der Waals surface area contributed by atoms with Gasteiger partial charge < -0.3 is 10.1 Å². The summed E-state index contributed by atoms with van der Waals surface area (Å²) < 4.78 is 5.57. The molecule has 1 unspecified atom stereocenters. The van der Waals surface area contributed by atoms with E-state index in [1.165, 1.54) is 13.8 Å². The van der Waals surface area contributed by atoms with E-state index in [9.17, 15) is 14.4 Å². The van der Waals surface area contributed by atoms with Gasteiger partial charge in [0.1, 0.15) is 5.75 Å². The van der Waals surface area contributed by atoms with E-state index in [0.717, 1.165) is 0 Å². The Morgan fingerprint density at radius 1 is 0.833 bits per heavy atom. The van der Waals surface area contributed by atoms with Crippen LogP contribution < -0.4 is 10.1 Å². The van der Waals surface area contributed by atoms with Crippen molar-refractivity contribution in [3.05, 3.63) is 59.7 Å². The Morgan fingerprint density at radius 2 is 1.29 bits per heavy atom. The van der Waals surface area contributed by atoms with Crippen LogP contribution in [-0.2, 0) is 4.79 Å². The molecular formula is C19H19NO4. The lowest BCUT2D eigenvalue weighted by Crippen LogP contribution is -2.30. The molecule has 0 spiro atoms. The van der Waals surface area contributed by atoms with Crippen molar-refractivity contribution in [1.82, 2.24) is 0 Å². The van der Waals surface area contributed by atoms with Crippen molar-refractivity contribution >= 4 is 23.2 Å². The molecule has 5 heteroatoms. The van der Waals surface area contributed by atoms with Crippen LogP contribution in [0.15, 0.2) is 48.5 Å². The highest BCUT2D eigenvalue weighted by Gasteiger charge is 2.15. The smallest absolute Gasteiger partial charge is 0.265 e. The van der Waals surface area contributed by atoms with Gasteiger partial charge in [0, 0.05) is 16.8 Å². The van der Waals surface area contributed by atoms with Crippen LogP contribution in [0.25, 0.3) is 0 Å². The van der Waals surface area contributed by atoms with Crippen molar-refractivity contribution in [2.45, 2.75) is 26.9 Å². The summed E-state index contributed by atoms with van der Waals surface area (Å²) in [6, 6.07) is 13.3. The minimum Gasteiger partial charge on any atom is -0.481 e. The van der Waals surface area contributed by atoms with Crippen LogP contribution in [-0.4, -0.2) is 23.6 Å². The van der Waals surface area contributed by atoms with E-state index >= 15 is 0 Å². The number of benzene rings is 2. The second-order valence-corrected chi connectivity index (χ2v) is 5.46. The number of carbonyl (C=O) groups excluding carboxylic acids is 3. The third kappa shape index (κ3) is 4.52. The fraction of sp³-hybridized carbons (Fsp3) is 0.211. The molecule has 5 nitrogen and oxygen atoms in total. The van der Waals surface area contributed by atoms with Crippen LogP contribution in [0.2, 0.25) is 0 Å². The van der Waals surface area contributed by atoms with Gasteiger partial charge in [-0.3, -0.25) is 14.4 Å². The summed E-state index contributed by atoms with van der Waals surface area (Å²) in [5.41, 5.74) is 1.76. The Hall–Kier alpha value is -2.95. The van der Waals surface area contributed by atoms with Crippen LogP contribution in [0, 0.1) is 0 Å². The number of ether oxygens (including phenoxy) is 1. The van der Waals surface area contributed by atoms with Crippen LogP contribution in [0.1, 0.15) is 41.5 Å². The molecule has 0 saturated heterocycles. The molecule has 0 aliphatic heterocycles. The number of Topliss-reactive ketones (excluding diaryl/α,β-unsaturated/α-hetero) is 2. The van der Waals surface area contributed by atoms with Gasteiger partial charge in [0.05, 0.1) is 0 Å². The van der Waals surface area contributed by atoms with Crippen LogP contribution in [0.3, 0.4) is 0 Å². The standard InChI is InChI=1S/C19H19NO4/c1-12(21)15-4-8-17(9-5-15)20-19(23)14(3)24-18-10-6-16(7-11-18)13(2)22/h4-11,14H,1-3H3,(H,20,23). The summed E-state index contributed by atoms with van der Waals surface area (Å²) >= 11 is 0. The zero-order valence-electron chi connectivity index (χ0n) is 13.8. The zero-order valence-corrected chi connectivity index (χ0v) is 13.8. The van der Waals surface area contributed by atoms with Gasteiger partial charge in [-0.25, -0.2) is 0 Å². The first-order valence-corrected chi connectivity index (χ1v) is 7.56. The van der Waals surface area contributed by atoms with Gasteiger partial charge in [-0.05, 0) is 69.3 Å². The lowest BCUT2D eigenvalue weighted by atomic mass is 10.1. The maximum absolute atomic E-state index is 12.2. The minimum atomic E-state index is -0.708. The Labute approximate surface area is 140 Å². The number of amides is 1. The van der Waals surface area contributed by atoms with Crippen molar-refractivity contribution in [3.8, 4) is 5.75 Å². The Kier molecular flexibility index (Phi) is 5.47. The molecule has 1 atom stereocenters. The summed E-state index contributed by atoms with van der Waals surface area (Å²) in [6.07, 6.45) is -0.708. The summed E-state index contributed by atoms with van der Waals surface area (Å²) in [6.45, 7) is 4.61. The van der Waals surface area contributed by atoms with Gasteiger partial charge in [0.25, 0.3) is 5.91 Å². The molecule has 0 aliphatic rings. The average Bonchev–Trinajstić information content (AvgIpc) is 2.55. The van der Waals surface area contributed by atoms with Crippen LogP contribution in [0.5, 0.6) is 5.75 Å². The number of anilines is 1. The minimum absolute atomic E-state index is 0.0265. The highest BCUT2D eigenvalue weighted by Crippen LogP contribution is 2.16. The van der Waals surface area contributed by atoms with Crippen molar-refractivity contribution in [3.63, 3.8) is 0 Å². The monoisotopic (exact) mass is 325 g/mol. The summed E-state index contributed by atoms with van der Waals surface area (Å²) in [5.74, 6) is 0.149. The van der Waals surface area contributed by atoms with E-state index in [1.807, 2.05) is 0 Å². The van der Waals surface area contributed by atoms with Crippen molar-refractivity contribution < 1.29 is 19.1 Å². The topological polar surface area (TPSA) is 72.5 Å². The van der Waals surface area contributed by atoms with Crippen molar-refractivity contribution in [1.29, 1.82) is 0 Å². The molecule has 124 valence electrons. The molecule has 1 N–H and O–H groups in total. The fourth-order valence-corrected chi connectivity index (χ4v) is 2.06. The highest BCUT2D eigenvalue weighted by molar-refractivity contribution is 5.97. The first-order valence-electron chi connectivity index (χ1n) is 7.56. The maximum atomic E-state index is 12.2. The summed E-state index contributed by atoms with van der Waals surface area (Å²) in [7, 11) is 0. The van der Waals surface area contributed by atoms with Crippen molar-refractivity contribution in [2.24, 2.45) is 0 Å². The second kappa shape index (κ2) is 7.55. The third-order valence-electron chi connectivity index (χ3n) is 3.50. The molecule has 0 heterocycles. The first-order chi connectivity index (χ1) is 11.4. The predicted octanol–water partition coefficient (Wildman–Crippen LogP) is 3.50. The van der Waals surface area contributed by atoms with Gasteiger partial charge in [-0.1, -0.05) is 0 Å². The highest BCUT2D eigenvalue weighted by atomic mass is 16.5. The predicted molar refractivity (Wildman–Crippen MR) is 91.6 cm³/mol. The lowest BCUT2D eigenvalue weighted by Gasteiger charge is -2.15. The molecule has 1 amide bonds. The van der Waals surface area contributed by atoms with Gasteiger partial charge >= 0.3 is 0 Å². The Balaban J connectivity index is 1.96. The van der Waals surface area contributed by atoms with E-state index in [1.54, 1.807) is 55.5 Å². The van der Waals surface area contributed by atoms with Crippen molar-refractivity contribution in [2.75, 3.05) is 5.32 Å². The average molecular weight is 325 g/mol. The molecule has 0 aromatic heterocycles.